The molecule has 2 nitrogen and oxygen atoms in total. The fourth-order valence-electron chi connectivity index (χ4n) is 0.920. The van der Waals surface area contributed by atoms with E-state index in [0.29, 0.717) is 25.0 Å². The van der Waals surface area contributed by atoms with E-state index in [2.05, 4.69) is 34.3 Å². The van der Waals surface area contributed by atoms with Gasteiger partial charge in [-0.2, -0.15) is 0 Å². The molecule has 0 aliphatic heterocycles. The Hall–Kier alpha value is -0.340. The van der Waals surface area contributed by atoms with Crippen LogP contribution in [-0.2, 0) is 9.47 Å². The fraction of sp³-hybridized carbons (Fsp3) is 0.833. The molecule has 84 valence electrons. The van der Waals surface area contributed by atoms with Crippen LogP contribution in [0.2, 0.25) is 0 Å². The summed E-state index contributed by atoms with van der Waals surface area (Å²) in [4.78, 5) is 0. The minimum atomic E-state index is 0.583. The zero-order valence-corrected chi connectivity index (χ0v) is 10.0. The molecule has 0 aliphatic carbocycles. The standard InChI is InChI=1S/C12H24O2/c1-10(2)6-13-8-12(5)9-14-7-11(3)4/h10-11H,5-9H2,1-4H3. The summed E-state index contributed by atoms with van der Waals surface area (Å²) in [5.41, 5.74) is 1.02. The molecule has 0 fully saturated rings. The molecule has 0 radical (unpaired) electrons. The van der Waals surface area contributed by atoms with Gasteiger partial charge in [0.25, 0.3) is 0 Å². The van der Waals surface area contributed by atoms with Crippen molar-refractivity contribution in [2.24, 2.45) is 11.8 Å². The van der Waals surface area contributed by atoms with Gasteiger partial charge in [0.1, 0.15) is 0 Å². The van der Waals surface area contributed by atoms with Crippen LogP contribution in [0.1, 0.15) is 27.7 Å². The van der Waals surface area contributed by atoms with Gasteiger partial charge >= 0.3 is 0 Å². The molecule has 0 aliphatic rings. The molecule has 0 heterocycles. The number of hydrogen-bond donors (Lipinski definition) is 0. The SMILES string of the molecule is C=C(COCC(C)C)COCC(C)C. The molecule has 0 aromatic rings. The second-order valence-corrected chi connectivity index (χ2v) is 4.57. The maximum atomic E-state index is 5.43. The minimum Gasteiger partial charge on any atom is -0.377 e. The smallest absolute Gasteiger partial charge is 0.0696 e. The lowest BCUT2D eigenvalue weighted by atomic mass is 10.2. The summed E-state index contributed by atoms with van der Waals surface area (Å²) < 4.78 is 10.9. The van der Waals surface area contributed by atoms with E-state index >= 15 is 0 Å². The second-order valence-electron chi connectivity index (χ2n) is 4.57. The normalized spacial score (nSPS) is 11.3. The first-order chi connectivity index (χ1) is 6.52. The zero-order valence-electron chi connectivity index (χ0n) is 10.0. The van der Waals surface area contributed by atoms with Gasteiger partial charge < -0.3 is 9.47 Å². The van der Waals surface area contributed by atoms with Gasteiger partial charge in [0.15, 0.2) is 0 Å². The van der Waals surface area contributed by atoms with Crippen molar-refractivity contribution in [2.75, 3.05) is 26.4 Å². The molecule has 0 saturated heterocycles. The van der Waals surface area contributed by atoms with Crippen LogP contribution in [0.5, 0.6) is 0 Å². The third kappa shape index (κ3) is 9.75. The van der Waals surface area contributed by atoms with Crippen molar-refractivity contribution in [1.29, 1.82) is 0 Å². The average molecular weight is 200 g/mol. The quantitative estimate of drug-likeness (QED) is 0.561. The van der Waals surface area contributed by atoms with Crippen LogP contribution in [0.4, 0.5) is 0 Å². The van der Waals surface area contributed by atoms with E-state index in [-0.39, 0.29) is 0 Å². The van der Waals surface area contributed by atoms with Crippen LogP contribution in [0, 0.1) is 11.8 Å². The maximum absolute atomic E-state index is 5.43. The Morgan fingerprint density at radius 3 is 1.57 bits per heavy atom. The topological polar surface area (TPSA) is 18.5 Å². The van der Waals surface area contributed by atoms with Gasteiger partial charge in [-0.1, -0.05) is 34.3 Å². The molecule has 2 heteroatoms. The lowest BCUT2D eigenvalue weighted by Crippen LogP contribution is -2.10. The average Bonchev–Trinajstić information content (AvgIpc) is 2.02. The van der Waals surface area contributed by atoms with Crippen LogP contribution < -0.4 is 0 Å². The van der Waals surface area contributed by atoms with Gasteiger partial charge in [-0.15, -0.1) is 0 Å². The molecule has 0 aromatic heterocycles. The summed E-state index contributed by atoms with van der Waals surface area (Å²) >= 11 is 0. The molecule has 14 heavy (non-hydrogen) atoms. The van der Waals surface area contributed by atoms with Crippen LogP contribution in [0.15, 0.2) is 12.2 Å². The van der Waals surface area contributed by atoms with Gasteiger partial charge in [-0.25, -0.2) is 0 Å². The molecular weight excluding hydrogens is 176 g/mol. The fourth-order valence-corrected chi connectivity index (χ4v) is 0.920. The van der Waals surface area contributed by atoms with Crippen molar-refractivity contribution in [2.45, 2.75) is 27.7 Å². The molecule has 0 N–H and O–H groups in total. The van der Waals surface area contributed by atoms with Gasteiger partial charge in [0, 0.05) is 13.2 Å². The van der Waals surface area contributed by atoms with Crippen molar-refractivity contribution in [3.8, 4) is 0 Å². The van der Waals surface area contributed by atoms with Gasteiger partial charge in [-0.3, -0.25) is 0 Å². The molecule has 0 unspecified atom stereocenters. The monoisotopic (exact) mass is 200 g/mol. The zero-order chi connectivity index (χ0) is 11.0. The van der Waals surface area contributed by atoms with Crippen molar-refractivity contribution in [1.82, 2.24) is 0 Å². The maximum Gasteiger partial charge on any atom is 0.0696 e. The number of rotatable bonds is 8. The second kappa shape index (κ2) is 8.01. The van der Waals surface area contributed by atoms with E-state index in [1.54, 1.807) is 0 Å². The Balaban J connectivity index is 3.28. The van der Waals surface area contributed by atoms with E-state index in [4.69, 9.17) is 9.47 Å². The van der Waals surface area contributed by atoms with Crippen molar-refractivity contribution < 1.29 is 9.47 Å². The predicted molar refractivity (Wildman–Crippen MR) is 60.5 cm³/mol. The number of ether oxygens (including phenoxy) is 2. The van der Waals surface area contributed by atoms with Crippen LogP contribution in [-0.4, -0.2) is 26.4 Å². The molecule has 0 spiro atoms. The van der Waals surface area contributed by atoms with E-state index in [0.717, 1.165) is 18.8 Å². The Bertz CT molecular complexity index is 134. The first-order valence-corrected chi connectivity index (χ1v) is 5.34. The summed E-state index contributed by atoms with van der Waals surface area (Å²) in [5.74, 6) is 1.17. The first-order valence-electron chi connectivity index (χ1n) is 5.34. The summed E-state index contributed by atoms with van der Waals surface area (Å²) in [7, 11) is 0. The van der Waals surface area contributed by atoms with Crippen LogP contribution >= 0.6 is 0 Å². The molecule has 0 atom stereocenters. The third-order valence-electron chi connectivity index (χ3n) is 1.51. The van der Waals surface area contributed by atoms with Crippen molar-refractivity contribution in [3.05, 3.63) is 12.2 Å². The first kappa shape index (κ1) is 13.7. The highest BCUT2D eigenvalue weighted by molar-refractivity contribution is 4.94. The molecule has 0 amide bonds. The van der Waals surface area contributed by atoms with E-state index in [9.17, 15) is 0 Å². The highest BCUT2D eigenvalue weighted by Gasteiger charge is 1.99. The van der Waals surface area contributed by atoms with Gasteiger partial charge in [-0.05, 0) is 17.4 Å². The summed E-state index contributed by atoms with van der Waals surface area (Å²) in [6, 6.07) is 0. The Labute approximate surface area is 88.3 Å². The number of hydrogen-bond acceptors (Lipinski definition) is 2. The minimum absolute atomic E-state index is 0.583. The molecule has 0 bridgehead atoms. The van der Waals surface area contributed by atoms with Gasteiger partial charge in [0.05, 0.1) is 13.2 Å². The van der Waals surface area contributed by atoms with E-state index in [1.807, 2.05) is 0 Å². The predicted octanol–water partition coefficient (Wildman–Crippen LogP) is 2.89. The molecule has 0 saturated carbocycles. The molecule has 0 aromatic carbocycles. The van der Waals surface area contributed by atoms with Crippen molar-refractivity contribution >= 4 is 0 Å². The van der Waals surface area contributed by atoms with Crippen LogP contribution in [0.3, 0.4) is 0 Å². The Morgan fingerprint density at radius 1 is 0.929 bits per heavy atom. The highest BCUT2D eigenvalue weighted by Crippen LogP contribution is 1.99. The Kier molecular flexibility index (Phi) is 7.81. The molecular formula is C12H24O2. The largest absolute Gasteiger partial charge is 0.377 e. The van der Waals surface area contributed by atoms with Crippen LogP contribution in [0.25, 0.3) is 0 Å². The van der Waals surface area contributed by atoms with Crippen molar-refractivity contribution in [3.63, 3.8) is 0 Å². The Morgan fingerprint density at radius 2 is 1.29 bits per heavy atom. The lowest BCUT2D eigenvalue weighted by Gasteiger charge is -2.10. The summed E-state index contributed by atoms with van der Waals surface area (Å²) in [5, 5.41) is 0. The summed E-state index contributed by atoms with van der Waals surface area (Å²) in [6.07, 6.45) is 0. The van der Waals surface area contributed by atoms with Gasteiger partial charge in [0.2, 0.25) is 0 Å². The summed E-state index contributed by atoms with van der Waals surface area (Å²) in [6.45, 7) is 15.3. The highest BCUT2D eigenvalue weighted by atomic mass is 16.5. The lowest BCUT2D eigenvalue weighted by molar-refractivity contribution is 0.0957. The molecule has 0 rings (SSSR count). The van der Waals surface area contributed by atoms with E-state index in [1.165, 1.54) is 0 Å². The third-order valence-corrected chi connectivity index (χ3v) is 1.51. The van der Waals surface area contributed by atoms with E-state index < -0.39 is 0 Å².